The van der Waals surface area contributed by atoms with Gasteiger partial charge in [0.05, 0.1) is 23.9 Å². The Morgan fingerprint density at radius 2 is 1.97 bits per heavy atom. The van der Waals surface area contributed by atoms with Crippen molar-refractivity contribution in [3.8, 4) is 11.3 Å². The number of pyridine rings is 2. The molecule has 0 saturated heterocycles. The van der Waals surface area contributed by atoms with E-state index in [9.17, 15) is 9.90 Å². The van der Waals surface area contributed by atoms with Gasteiger partial charge in [0.2, 0.25) is 0 Å². The lowest BCUT2D eigenvalue weighted by molar-refractivity contribution is 0.0717. The van der Waals surface area contributed by atoms with Crippen LogP contribution in [-0.4, -0.2) is 33.1 Å². The molecule has 1 aliphatic rings. The van der Waals surface area contributed by atoms with E-state index in [0.29, 0.717) is 5.56 Å². The number of carbonyl (C=O) groups excluding carboxylic acids is 1. The zero-order valence-corrected chi connectivity index (χ0v) is 18.6. The monoisotopic (exact) mass is 430 g/mol. The van der Waals surface area contributed by atoms with Crippen LogP contribution in [0.1, 0.15) is 60.1 Å². The molecule has 0 radical (unpaired) electrons. The van der Waals surface area contributed by atoms with E-state index in [1.54, 1.807) is 6.20 Å². The third-order valence-corrected chi connectivity index (χ3v) is 6.14. The summed E-state index contributed by atoms with van der Waals surface area (Å²) in [4.78, 5) is 21.6. The molecule has 3 atom stereocenters. The van der Waals surface area contributed by atoms with Crippen LogP contribution in [0.4, 0.5) is 5.69 Å². The number of hydrogen-bond donors (Lipinski definition) is 3. The third kappa shape index (κ3) is 5.14. The number of nitrogens with one attached hydrogen (secondary N) is 2. The van der Waals surface area contributed by atoms with Gasteiger partial charge in [0.15, 0.2) is 0 Å². The second-order valence-corrected chi connectivity index (χ2v) is 8.55. The summed E-state index contributed by atoms with van der Waals surface area (Å²) in [5.74, 6) is -0.148. The van der Waals surface area contributed by atoms with Crippen LogP contribution in [0, 0.1) is 6.92 Å². The van der Waals surface area contributed by atoms with Crippen molar-refractivity contribution in [2.45, 2.75) is 57.7 Å². The largest absolute Gasteiger partial charge is 0.391 e. The highest BCUT2D eigenvalue weighted by Crippen LogP contribution is 2.26. The summed E-state index contributed by atoms with van der Waals surface area (Å²) in [5, 5.41) is 16.7. The molecule has 2 heterocycles. The number of amides is 1. The number of aromatic nitrogens is 2. The summed E-state index contributed by atoms with van der Waals surface area (Å²) in [6, 6.07) is 13.4. The maximum Gasteiger partial charge on any atom is 0.251 e. The SMILES string of the molecule is Cc1ccc(C(=O)N[C@H]2CCCC[C@@H]2O)cc1N[C@@H](C)c1cncc(-c2ccccn2)c1. The first-order valence-electron chi connectivity index (χ1n) is 11.2. The van der Waals surface area contributed by atoms with Crippen LogP contribution in [0.3, 0.4) is 0 Å². The second kappa shape index (κ2) is 9.92. The first kappa shape index (κ1) is 22.0. The predicted molar refractivity (Wildman–Crippen MR) is 126 cm³/mol. The van der Waals surface area contributed by atoms with Crippen LogP contribution in [0.2, 0.25) is 0 Å². The van der Waals surface area contributed by atoms with Crippen LogP contribution < -0.4 is 10.6 Å². The molecule has 32 heavy (non-hydrogen) atoms. The van der Waals surface area contributed by atoms with Gasteiger partial charge in [-0.05, 0) is 68.1 Å². The molecule has 1 amide bonds. The highest BCUT2D eigenvalue weighted by atomic mass is 16.3. The number of aliphatic hydroxyl groups excluding tert-OH is 1. The van der Waals surface area contributed by atoms with Crippen molar-refractivity contribution in [3.05, 3.63) is 77.7 Å². The Balaban J connectivity index is 1.49. The van der Waals surface area contributed by atoms with Gasteiger partial charge in [-0.15, -0.1) is 0 Å². The van der Waals surface area contributed by atoms with E-state index in [2.05, 4.69) is 33.6 Å². The van der Waals surface area contributed by atoms with Crippen molar-refractivity contribution in [3.63, 3.8) is 0 Å². The fourth-order valence-corrected chi connectivity index (χ4v) is 4.13. The van der Waals surface area contributed by atoms with Crippen molar-refractivity contribution in [1.29, 1.82) is 0 Å². The van der Waals surface area contributed by atoms with E-state index in [0.717, 1.165) is 53.8 Å². The van der Waals surface area contributed by atoms with Crippen molar-refractivity contribution in [1.82, 2.24) is 15.3 Å². The molecule has 0 unspecified atom stereocenters. The van der Waals surface area contributed by atoms with E-state index in [1.165, 1.54) is 0 Å². The normalized spacial score (nSPS) is 19.2. The Morgan fingerprint density at radius 1 is 1.12 bits per heavy atom. The Bertz CT molecular complexity index is 1070. The molecule has 6 heteroatoms. The van der Waals surface area contributed by atoms with Gasteiger partial charge in [-0.1, -0.05) is 25.0 Å². The molecule has 1 saturated carbocycles. The molecule has 1 fully saturated rings. The Kier molecular flexibility index (Phi) is 6.81. The molecule has 166 valence electrons. The molecule has 3 aromatic rings. The summed E-state index contributed by atoms with van der Waals surface area (Å²) < 4.78 is 0. The van der Waals surface area contributed by atoms with Gasteiger partial charge < -0.3 is 15.7 Å². The van der Waals surface area contributed by atoms with Crippen LogP contribution in [-0.2, 0) is 0 Å². The minimum absolute atomic E-state index is 0.0108. The fourth-order valence-electron chi connectivity index (χ4n) is 4.13. The fraction of sp³-hybridized carbons (Fsp3) is 0.346. The van der Waals surface area contributed by atoms with Crippen molar-refractivity contribution in [2.75, 3.05) is 5.32 Å². The number of nitrogens with zero attached hydrogens (tertiary/aromatic N) is 2. The van der Waals surface area contributed by atoms with E-state index < -0.39 is 6.10 Å². The molecule has 0 bridgehead atoms. The summed E-state index contributed by atoms with van der Waals surface area (Å²) in [5.41, 5.74) is 5.43. The maximum absolute atomic E-state index is 12.8. The standard InChI is InChI=1S/C26H30N4O2/c1-17-10-11-19(26(32)30-23-8-3-4-9-25(23)31)14-24(17)29-18(2)20-13-21(16-27-15-20)22-7-5-6-12-28-22/h5-7,10-16,18,23,25,29,31H,3-4,8-9H2,1-2H3,(H,30,32)/t18-,23-,25-/m0/s1. The van der Waals surface area contributed by atoms with Crippen LogP contribution >= 0.6 is 0 Å². The molecule has 2 aromatic heterocycles. The summed E-state index contributed by atoms with van der Waals surface area (Å²) in [7, 11) is 0. The number of anilines is 1. The van der Waals surface area contributed by atoms with Gasteiger partial charge in [-0.2, -0.15) is 0 Å². The highest BCUT2D eigenvalue weighted by molar-refractivity contribution is 5.95. The predicted octanol–water partition coefficient (Wildman–Crippen LogP) is 4.66. The quantitative estimate of drug-likeness (QED) is 0.529. The van der Waals surface area contributed by atoms with Crippen LogP contribution in [0.25, 0.3) is 11.3 Å². The zero-order valence-electron chi connectivity index (χ0n) is 18.6. The Labute approximate surface area is 189 Å². The Hall–Kier alpha value is -3.25. The highest BCUT2D eigenvalue weighted by Gasteiger charge is 2.25. The van der Waals surface area contributed by atoms with Gasteiger partial charge in [0.1, 0.15) is 0 Å². The maximum atomic E-state index is 12.8. The average molecular weight is 431 g/mol. The lowest BCUT2D eigenvalue weighted by atomic mass is 9.92. The van der Waals surface area contributed by atoms with Gasteiger partial charge in [-0.25, -0.2) is 0 Å². The number of rotatable bonds is 6. The number of benzene rings is 1. The summed E-state index contributed by atoms with van der Waals surface area (Å²) in [6.45, 7) is 4.09. The molecule has 0 aliphatic heterocycles. The molecule has 6 nitrogen and oxygen atoms in total. The number of aryl methyl sites for hydroxylation is 1. The molecular formula is C26H30N4O2. The first-order chi connectivity index (χ1) is 15.5. The number of hydrogen-bond acceptors (Lipinski definition) is 5. The van der Waals surface area contributed by atoms with E-state index in [4.69, 9.17) is 0 Å². The van der Waals surface area contributed by atoms with Gasteiger partial charge in [0, 0.05) is 35.4 Å². The van der Waals surface area contributed by atoms with Crippen molar-refractivity contribution < 1.29 is 9.90 Å². The smallest absolute Gasteiger partial charge is 0.251 e. The number of carbonyl (C=O) groups is 1. The van der Waals surface area contributed by atoms with E-state index in [1.807, 2.05) is 55.7 Å². The second-order valence-electron chi connectivity index (χ2n) is 8.55. The topological polar surface area (TPSA) is 87.1 Å². The van der Waals surface area contributed by atoms with Gasteiger partial charge in [0.25, 0.3) is 5.91 Å². The molecular weight excluding hydrogens is 400 g/mol. The first-order valence-corrected chi connectivity index (χ1v) is 11.2. The molecule has 1 aliphatic carbocycles. The third-order valence-electron chi connectivity index (χ3n) is 6.14. The number of aliphatic hydroxyl groups is 1. The average Bonchev–Trinajstić information content (AvgIpc) is 2.82. The van der Waals surface area contributed by atoms with Crippen LogP contribution in [0.15, 0.2) is 61.1 Å². The zero-order chi connectivity index (χ0) is 22.5. The molecule has 1 aromatic carbocycles. The minimum Gasteiger partial charge on any atom is -0.391 e. The van der Waals surface area contributed by atoms with E-state index in [-0.39, 0.29) is 18.0 Å². The lowest BCUT2D eigenvalue weighted by Crippen LogP contribution is -2.45. The van der Waals surface area contributed by atoms with Crippen molar-refractivity contribution in [2.24, 2.45) is 0 Å². The molecule has 3 N–H and O–H groups in total. The minimum atomic E-state index is -0.463. The Morgan fingerprint density at radius 3 is 2.75 bits per heavy atom. The van der Waals surface area contributed by atoms with Gasteiger partial charge >= 0.3 is 0 Å². The molecule has 0 spiro atoms. The van der Waals surface area contributed by atoms with Crippen molar-refractivity contribution >= 4 is 11.6 Å². The van der Waals surface area contributed by atoms with E-state index >= 15 is 0 Å². The summed E-state index contributed by atoms with van der Waals surface area (Å²) >= 11 is 0. The lowest BCUT2D eigenvalue weighted by Gasteiger charge is -2.28. The molecule has 4 rings (SSSR count). The van der Waals surface area contributed by atoms with Crippen LogP contribution in [0.5, 0.6) is 0 Å². The summed E-state index contributed by atoms with van der Waals surface area (Å²) in [6.07, 6.45) is 8.58. The van der Waals surface area contributed by atoms with Gasteiger partial charge in [-0.3, -0.25) is 14.8 Å².